The van der Waals surface area contributed by atoms with Crippen molar-refractivity contribution in [3.8, 4) is 0 Å². The predicted octanol–water partition coefficient (Wildman–Crippen LogP) is 3.10. The molecule has 2 fully saturated rings. The number of nitrogens with zero attached hydrogens (tertiary/aromatic N) is 2. The Hall–Kier alpha value is -2.80. The lowest BCUT2D eigenvalue weighted by Gasteiger charge is -2.42. The third-order valence-electron chi connectivity index (χ3n) is 6.19. The molecular weight excluding hydrogens is 422 g/mol. The summed E-state index contributed by atoms with van der Waals surface area (Å²) in [6.07, 6.45) is 5.54. The Morgan fingerprint density at radius 3 is 2.47 bits per heavy atom. The van der Waals surface area contributed by atoms with E-state index in [1.807, 2.05) is 12.1 Å². The van der Waals surface area contributed by atoms with Crippen LogP contribution in [-0.2, 0) is 22.6 Å². The van der Waals surface area contributed by atoms with E-state index in [4.69, 9.17) is 0 Å². The number of thioether (sulfide) groups is 1. The lowest BCUT2D eigenvalue weighted by atomic mass is 9.98. The maximum Gasteiger partial charge on any atom is 0.251 e. The summed E-state index contributed by atoms with van der Waals surface area (Å²) in [6, 6.07) is 15.3. The first-order chi connectivity index (χ1) is 15.5. The standard InChI is InChI=1S/C25H29N3O3S/c1-32-21-11-7-18(8-12-21)13-14-26-24(30)20-9-5-19(6-10-20)16-27-17-23(29)28-15-3-2-4-22(28)25(27)31/h5-12,22H,2-4,13-17H2,1H3,(H,26,30)/t22-/m0/s1. The normalized spacial score (nSPS) is 18.5. The number of benzene rings is 2. The van der Waals surface area contributed by atoms with Gasteiger partial charge in [0.05, 0.1) is 0 Å². The third-order valence-corrected chi connectivity index (χ3v) is 6.94. The second-order valence-corrected chi connectivity index (χ2v) is 9.22. The van der Waals surface area contributed by atoms with E-state index in [0.717, 1.165) is 31.2 Å². The molecule has 0 unspecified atom stereocenters. The van der Waals surface area contributed by atoms with Crippen LogP contribution in [-0.4, -0.2) is 59.5 Å². The van der Waals surface area contributed by atoms with E-state index in [1.54, 1.807) is 33.7 Å². The molecule has 2 saturated heterocycles. The minimum atomic E-state index is -0.299. The van der Waals surface area contributed by atoms with Gasteiger partial charge in [-0.05, 0) is 67.3 Å². The summed E-state index contributed by atoms with van der Waals surface area (Å²) in [5.74, 6) is -0.0376. The Bertz CT molecular complexity index is 975. The van der Waals surface area contributed by atoms with Crippen LogP contribution in [0.3, 0.4) is 0 Å². The fraction of sp³-hybridized carbons (Fsp3) is 0.400. The van der Waals surface area contributed by atoms with Gasteiger partial charge in [0, 0.05) is 30.1 Å². The van der Waals surface area contributed by atoms with Crippen molar-refractivity contribution in [2.24, 2.45) is 0 Å². The smallest absolute Gasteiger partial charge is 0.251 e. The van der Waals surface area contributed by atoms with Crippen LogP contribution in [0.4, 0.5) is 0 Å². The molecule has 1 N–H and O–H groups in total. The van der Waals surface area contributed by atoms with Crippen molar-refractivity contribution in [3.05, 3.63) is 65.2 Å². The average Bonchev–Trinajstić information content (AvgIpc) is 2.83. The number of hydrogen-bond acceptors (Lipinski definition) is 4. The molecule has 0 aromatic heterocycles. The lowest BCUT2D eigenvalue weighted by Crippen LogP contribution is -2.60. The average molecular weight is 452 g/mol. The van der Waals surface area contributed by atoms with Gasteiger partial charge in [-0.2, -0.15) is 0 Å². The number of nitrogens with one attached hydrogen (secondary N) is 1. The van der Waals surface area contributed by atoms with E-state index in [9.17, 15) is 14.4 Å². The third kappa shape index (κ3) is 5.15. The number of carbonyl (C=O) groups excluding carboxylic acids is 3. The van der Waals surface area contributed by atoms with Crippen molar-refractivity contribution in [2.45, 2.75) is 43.2 Å². The maximum atomic E-state index is 12.8. The Morgan fingerprint density at radius 1 is 1.03 bits per heavy atom. The summed E-state index contributed by atoms with van der Waals surface area (Å²) in [6.45, 7) is 1.79. The number of amides is 3. The highest BCUT2D eigenvalue weighted by Gasteiger charge is 2.40. The number of carbonyl (C=O) groups is 3. The Kier molecular flexibility index (Phi) is 7.15. The van der Waals surface area contributed by atoms with Gasteiger partial charge in [-0.25, -0.2) is 0 Å². The van der Waals surface area contributed by atoms with Gasteiger partial charge >= 0.3 is 0 Å². The van der Waals surface area contributed by atoms with E-state index in [0.29, 0.717) is 25.2 Å². The summed E-state index contributed by atoms with van der Waals surface area (Å²) < 4.78 is 0. The fourth-order valence-corrected chi connectivity index (χ4v) is 4.77. The zero-order valence-electron chi connectivity index (χ0n) is 18.4. The quantitative estimate of drug-likeness (QED) is 0.657. The molecule has 0 bridgehead atoms. The number of hydrogen-bond donors (Lipinski definition) is 1. The second-order valence-electron chi connectivity index (χ2n) is 8.34. The van der Waals surface area contributed by atoms with E-state index >= 15 is 0 Å². The molecule has 2 aromatic carbocycles. The van der Waals surface area contributed by atoms with Gasteiger partial charge in [0.2, 0.25) is 11.8 Å². The van der Waals surface area contributed by atoms with Crippen molar-refractivity contribution < 1.29 is 14.4 Å². The van der Waals surface area contributed by atoms with Crippen LogP contribution in [0.25, 0.3) is 0 Å². The molecule has 2 aliphatic heterocycles. The predicted molar refractivity (Wildman–Crippen MR) is 125 cm³/mol. The first kappa shape index (κ1) is 22.4. The van der Waals surface area contributed by atoms with Crippen LogP contribution in [0, 0.1) is 0 Å². The van der Waals surface area contributed by atoms with E-state index in [1.165, 1.54) is 10.5 Å². The highest BCUT2D eigenvalue weighted by atomic mass is 32.2. The highest BCUT2D eigenvalue weighted by Crippen LogP contribution is 2.24. The van der Waals surface area contributed by atoms with Gasteiger partial charge in [-0.3, -0.25) is 14.4 Å². The SMILES string of the molecule is CSc1ccc(CCNC(=O)c2ccc(CN3CC(=O)N4CCCC[C@H]4C3=O)cc2)cc1. The molecular formula is C25H29N3O3S. The van der Waals surface area contributed by atoms with Crippen molar-refractivity contribution in [3.63, 3.8) is 0 Å². The van der Waals surface area contributed by atoms with Crippen LogP contribution in [0.5, 0.6) is 0 Å². The van der Waals surface area contributed by atoms with Gasteiger partial charge in [-0.1, -0.05) is 24.3 Å². The zero-order chi connectivity index (χ0) is 22.5. The molecule has 2 heterocycles. The molecule has 32 heavy (non-hydrogen) atoms. The maximum absolute atomic E-state index is 12.8. The molecule has 7 heteroatoms. The molecule has 1 atom stereocenters. The van der Waals surface area contributed by atoms with Crippen LogP contribution >= 0.6 is 11.8 Å². The van der Waals surface area contributed by atoms with Crippen molar-refractivity contribution in [2.75, 3.05) is 25.9 Å². The Labute approximate surface area is 193 Å². The summed E-state index contributed by atoms with van der Waals surface area (Å²) in [5.41, 5.74) is 2.70. The van der Waals surface area contributed by atoms with Gasteiger partial charge in [0.25, 0.3) is 5.91 Å². The molecule has 0 radical (unpaired) electrons. The molecule has 2 aromatic rings. The minimum Gasteiger partial charge on any atom is -0.352 e. The van der Waals surface area contributed by atoms with Crippen molar-refractivity contribution in [1.29, 1.82) is 0 Å². The molecule has 0 aliphatic carbocycles. The Balaban J connectivity index is 1.29. The van der Waals surface area contributed by atoms with Crippen LogP contribution < -0.4 is 5.32 Å². The molecule has 168 valence electrons. The van der Waals surface area contributed by atoms with Gasteiger partial charge in [0.15, 0.2) is 0 Å². The molecule has 6 nitrogen and oxygen atoms in total. The van der Waals surface area contributed by atoms with Gasteiger partial charge in [0.1, 0.15) is 12.6 Å². The minimum absolute atomic E-state index is 0.0355. The monoisotopic (exact) mass is 451 g/mol. The summed E-state index contributed by atoms with van der Waals surface area (Å²) >= 11 is 1.71. The molecule has 3 amide bonds. The lowest BCUT2D eigenvalue weighted by molar-refractivity contribution is -0.158. The second kappa shape index (κ2) is 10.2. The number of piperazine rings is 1. The largest absolute Gasteiger partial charge is 0.352 e. The van der Waals surface area contributed by atoms with Crippen LogP contribution in [0.1, 0.15) is 40.7 Å². The molecule has 4 rings (SSSR count). The molecule has 2 aliphatic rings. The van der Waals surface area contributed by atoms with Gasteiger partial charge in [-0.15, -0.1) is 11.8 Å². The number of rotatable bonds is 7. The van der Waals surface area contributed by atoms with E-state index in [2.05, 4.69) is 35.8 Å². The van der Waals surface area contributed by atoms with Crippen molar-refractivity contribution >= 4 is 29.5 Å². The fourth-order valence-electron chi connectivity index (χ4n) is 4.36. The topological polar surface area (TPSA) is 69.7 Å². The van der Waals surface area contributed by atoms with Crippen LogP contribution in [0.15, 0.2) is 53.4 Å². The Morgan fingerprint density at radius 2 is 1.75 bits per heavy atom. The van der Waals surface area contributed by atoms with Crippen LogP contribution in [0.2, 0.25) is 0 Å². The molecule has 0 saturated carbocycles. The summed E-state index contributed by atoms with van der Waals surface area (Å²) in [4.78, 5) is 42.3. The van der Waals surface area contributed by atoms with E-state index in [-0.39, 0.29) is 30.3 Å². The number of piperidine rings is 1. The number of fused-ring (bicyclic) bond motifs is 1. The molecule has 0 spiro atoms. The highest BCUT2D eigenvalue weighted by molar-refractivity contribution is 7.98. The summed E-state index contributed by atoms with van der Waals surface area (Å²) in [5, 5.41) is 2.96. The summed E-state index contributed by atoms with van der Waals surface area (Å²) in [7, 11) is 0. The zero-order valence-corrected chi connectivity index (χ0v) is 19.2. The van der Waals surface area contributed by atoms with Crippen molar-refractivity contribution in [1.82, 2.24) is 15.1 Å². The van der Waals surface area contributed by atoms with Gasteiger partial charge < -0.3 is 15.1 Å². The first-order valence-electron chi connectivity index (χ1n) is 11.1. The first-order valence-corrected chi connectivity index (χ1v) is 12.4. The van der Waals surface area contributed by atoms with E-state index < -0.39 is 0 Å².